The maximum absolute atomic E-state index is 12.5. The van der Waals surface area contributed by atoms with Crippen molar-refractivity contribution in [1.29, 1.82) is 0 Å². The quantitative estimate of drug-likeness (QED) is 0.926. The Labute approximate surface area is 129 Å². The van der Waals surface area contributed by atoms with E-state index in [9.17, 15) is 4.79 Å². The molecule has 0 aliphatic carbocycles. The summed E-state index contributed by atoms with van der Waals surface area (Å²) in [6.45, 7) is 1.37. The van der Waals surface area contributed by atoms with Crippen molar-refractivity contribution in [2.75, 3.05) is 42.4 Å². The molecule has 6 nitrogen and oxygen atoms in total. The number of carbonyl (C=O) groups excluding carboxylic acids is 1. The highest BCUT2D eigenvalue weighted by Gasteiger charge is 2.25. The van der Waals surface area contributed by atoms with Crippen LogP contribution in [0.1, 0.15) is 0 Å². The molecule has 22 heavy (non-hydrogen) atoms. The number of rotatable bonds is 2. The molecular formula is C16H18N4O2. The Kier molecular flexibility index (Phi) is 3.82. The molecule has 0 fully saturated rings. The van der Waals surface area contributed by atoms with Crippen LogP contribution < -0.4 is 19.9 Å². The van der Waals surface area contributed by atoms with Crippen molar-refractivity contribution >= 4 is 23.2 Å². The molecule has 114 valence electrons. The summed E-state index contributed by atoms with van der Waals surface area (Å²) < 4.78 is 5.11. The normalized spacial score (nSPS) is 13.5. The van der Waals surface area contributed by atoms with E-state index in [1.54, 1.807) is 18.2 Å². The summed E-state index contributed by atoms with van der Waals surface area (Å²) in [4.78, 5) is 20.6. The van der Waals surface area contributed by atoms with Gasteiger partial charge in [-0.05, 0) is 36.4 Å². The van der Waals surface area contributed by atoms with E-state index in [1.807, 2.05) is 48.3 Å². The van der Waals surface area contributed by atoms with E-state index in [1.165, 1.54) is 0 Å². The monoisotopic (exact) mass is 298 g/mol. The molecule has 0 saturated heterocycles. The summed E-state index contributed by atoms with van der Waals surface area (Å²) in [6.07, 6.45) is 1.74. The fourth-order valence-corrected chi connectivity index (χ4v) is 2.45. The summed E-state index contributed by atoms with van der Waals surface area (Å²) in [5.41, 5.74) is 1.55. The van der Waals surface area contributed by atoms with Gasteiger partial charge in [0, 0.05) is 32.0 Å². The average molecular weight is 298 g/mol. The van der Waals surface area contributed by atoms with Crippen molar-refractivity contribution in [3.05, 3.63) is 42.6 Å². The molecule has 0 saturated carbocycles. The zero-order valence-corrected chi connectivity index (χ0v) is 12.6. The number of hydrogen-bond donors (Lipinski definition) is 1. The van der Waals surface area contributed by atoms with Crippen LogP contribution in [0.5, 0.6) is 5.75 Å². The summed E-state index contributed by atoms with van der Waals surface area (Å²) in [7, 11) is 3.59. The fourth-order valence-electron chi connectivity index (χ4n) is 2.45. The summed E-state index contributed by atoms with van der Waals surface area (Å²) in [6, 6.07) is 10.8. The summed E-state index contributed by atoms with van der Waals surface area (Å²) in [5, 5.41) is 2.90. The second-order valence-corrected chi connectivity index (χ2v) is 5.08. The third-order valence-electron chi connectivity index (χ3n) is 3.66. The minimum atomic E-state index is -0.160. The van der Waals surface area contributed by atoms with Gasteiger partial charge in [0.15, 0.2) is 5.82 Å². The van der Waals surface area contributed by atoms with Crippen LogP contribution in [0.2, 0.25) is 0 Å². The number of likely N-dealkylation sites (N-methyl/N-ethyl adjacent to an activating group) is 1. The minimum absolute atomic E-state index is 0.160. The zero-order valence-electron chi connectivity index (χ0n) is 12.6. The van der Waals surface area contributed by atoms with Crippen LogP contribution in [0.25, 0.3) is 0 Å². The number of nitrogens with zero attached hydrogens (tertiary/aromatic N) is 3. The Morgan fingerprint density at radius 1 is 1.23 bits per heavy atom. The number of anilines is 3. The van der Waals surface area contributed by atoms with Crippen molar-refractivity contribution in [2.24, 2.45) is 0 Å². The van der Waals surface area contributed by atoms with Gasteiger partial charge in [0.25, 0.3) is 0 Å². The van der Waals surface area contributed by atoms with Gasteiger partial charge in [0.1, 0.15) is 5.75 Å². The van der Waals surface area contributed by atoms with Crippen molar-refractivity contribution in [3.63, 3.8) is 0 Å². The summed E-state index contributed by atoms with van der Waals surface area (Å²) in [5.74, 6) is 1.57. The van der Waals surface area contributed by atoms with Gasteiger partial charge in [0.2, 0.25) is 0 Å². The first-order valence-corrected chi connectivity index (χ1v) is 7.08. The highest BCUT2D eigenvalue weighted by molar-refractivity contribution is 6.04. The van der Waals surface area contributed by atoms with E-state index in [0.717, 1.165) is 29.5 Å². The minimum Gasteiger partial charge on any atom is -0.497 e. The van der Waals surface area contributed by atoms with Crippen molar-refractivity contribution in [1.82, 2.24) is 4.98 Å². The van der Waals surface area contributed by atoms with E-state index >= 15 is 0 Å². The smallest absolute Gasteiger partial charge is 0.326 e. The number of benzene rings is 1. The first-order chi connectivity index (χ1) is 10.7. The van der Waals surface area contributed by atoms with Crippen LogP contribution in [-0.2, 0) is 0 Å². The number of nitrogens with one attached hydrogen (secondary N) is 1. The number of pyridine rings is 1. The van der Waals surface area contributed by atoms with Crippen LogP contribution >= 0.6 is 0 Å². The molecule has 3 rings (SSSR count). The molecule has 2 amide bonds. The first kappa shape index (κ1) is 14.2. The van der Waals surface area contributed by atoms with E-state index in [2.05, 4.69) is 10.3 Å². The van der Waals surface area contributed by atoms with Gasteiger partial charge in [-0.3, -0.25) is 4.90 Å². The molecular weight excluding hydrogens is 280 g/mol. The van der Waals surface area contributed by atoms with Gasteiger partial charge in [-0.1, -0.05) is 0 Å². The predicted octanol–water partition coefficient (Wildman–Crippen LogP) is 2.58. The number of fused-ring (bicyclic) bond motifs is 1. The Balaban J connectivity index is 1.79. The van der Waals surface area contributed by atoms with Crippen LogP contribution in [0.3, 0.4) is 0 Å². The Morgan fingerprint density at radius 2 is 2.00 bits per heavy atom. The lowest BCUT2D eigenvalue weighted by atomic mass is 10.2. The Morgan fingerprint density at radius 3 is 2.73 bits per heavy atom. The number of ether oxygens (including phenoxy) is 1. The predicted molar refractivity (Wildman–Crippen MR) is 86.9 cm³/mol. The van der Waals surface area contributed by atoms with Crippen molar-refractivity contribution in [2.45, 2.75) is 0 Å². The lowest BCUT2D eigenvalue weighted by molar-refractivity contribution is 0.257. The molecule has 0 unspecified atom stereocenters. The molecule has 1 aliphatic rings. The molecule has 2 heterocycles. The second-order valence-electron chi connectivity index (χ2n) is 5.08. The number of carbonyl (C=O) groups is 1. The third-order valence-corrected chi connectivity index (χ3v) is 3.66. The topological polar surface area (TPSA) is 57.7 Å². The van der Waals surface area contributed by atoms with Crippen molar-refractivity contribution < 1.29 is 9.53 Å². The maximum Gasteiger partial charge on any atom is 0.326 e. The largest absolute Gasteiger partial charge is 0.497 e. The SMILES string of the molecule is COc1ccc(NC(=O)N2CCN(C)c3ncccc32)cc1. The third kappa shape index (κ3) is 2.67. The van der Waals surface area contributed by atoms with Gasteiger partial charge in [-0.25, -0.2) is 9.78 Å². The van der Waals surface area contributed by atoms with E-state index in [4.69, 9.17) is 4.74 Å². The Bertz CT molecular complexity index is 672. The summed E-state index contributed by atoms with van der Waals surface area (Å²) >= 11 is 0. The van der Waals surface area contributed by atoms with Crippen LogP contribution in [-0.4, -0.2) is 38.3 Å². The fraction of sp³-hybridized carbons (Fsp3) is 0.250. The standard InChI is InChI=1S/C16H18N4O2/c1-19-10-11-20(14-4-3-9-17-15(14)19)16(21)18-12-5-7-13(22-2)8-6-12/h3-9H,10-11H2,1-2H3,(H,18,21). The number of aromatic nitrogens is 1. The molecule has 1 N–H and O–H groups in total. The van der Waals surface area contributed by atoms with E-state index in [0.29, 0.717) is 6.54 Å². The van der Waals surface area contributed by atoms with Crippen molar-refractivity contribution in [3.8, 4) is 5.75 Å². The molecule has 1 aromatic carbocycles. The molecule has 1 aliphatic heterocycles. The van der Waals surface area contributed by atoms with E-state index < -0.39 is 0 Å². The molecule has 6 heteroatoms. The molecule has 2 aromatic rings. The zero-order chi connectivity index (χ0) is 15.5. The van der Waals surface area contributed by atoms with Crippen LogP contribution in [0.15, 0.2) is 42.6 Å². The number of methoxy groups -OCH3 is 1. The van der Waals surface area contributed by atoms with Gasteiger partial charge in [-0.15, -0.1) is 0 Å². The average Bonchev–Trinajstić information content (AvgIpc) is 2.56. The second kappa shape index (κ2) is 5.93. The lowest BCUT2D eigenvalue weighted by Crippen LogP contribution is -2.45. The van der Waals surface area contributed by atoms with Crippen LogP contribution in [0, 0.1) is 0 Å². The van der Waals surface area contributed by atoms with E-state index in [-0.39, 0.29) is 6.03 Å². The molecule has 0 spiro atoms. The lowest BCUT2D eigenvalue weighted by Gasteiger charge is -2.34. The Hall–Kier alpha value is -2.76. The highest BCUT2D eigenvalue weighted by atomic mass is 16.5. The van der Waals surface area contributed by atoms with Crippen LogP contribution in [0.4, 0.5) is 22.0 Å². The molecule has 1 aromatic heterocycles. The highest BCUT2D eigenvalue weighted by Crippen LogP contribution is 2.30. The molecule has 0 bridgehead atoms. The van der Waals surface area contributed by atoms with Gasteiger partial charge in [-0.2, -0.15) is 0 Å². The number of amides is 2. The number of urea groups is 1. The molecule has 0 atom stereocenters. The van der Waals surface area contributed by atoms with Gasteiger partial charge < -0.3 is 15.0 Å². The first-order valence-electron chi connectivity index (χ1n) is 7.08. The number of hydrogen-bond acceptors (Lipinski definition) is 4. The van der Waals surface area contributed by atoms with Gasteiger partial charge >= 0.3 is 6.03 Å². The maximum atomic E-state index is 12.5. The molecule has 0 radical (unpaired) electrons. The van der Waals surface area contributed by atoms with Gasteiger partial charge in [0.05, 0.1) is 12.8 Å².